The smallest absolute Gasteiger partial charge is 0.289 e. The summed E-state index contributed by atoms with van der Waals surface area (Å²) < 4.78 is 13.3. The van der Waals surface area contributed by atoms with Crippen LogP contribution in [0.15, 0.2) is 24.3 Å². The summed E-state index contributed by atoms with van der Waals surface area (Å²) in [5.41, 5.74) is 2.71. The Kier molecular flexibility index (Phi) is 1.98. The highest BCUT2D eigenvalue weighted by Gasteiger charge is 2.39. The molecule has 2 heterocycles. The van der Waals surface area contributed by atoms with E-state index in [0.29, 0.717) is 5.92 Å². The van der Waals surface area contributed by atoms with Gasteiger partial charge in [-0.3, -0.25) is 0 Å². The minimum Gasteiger partial charge on any atom is -0.321 e. The van der Waals surface area contributed by atoms with Crippen molar-refractivity contribution in [1.29, 1.82) is 0 Å². The fourth-order valence-electron chi connectivity index (χ4n) is 2.15. The van der Waals surface area contributed by atoms with Crippen LogP contribution in [0.1, 0.15) is 11.5 Å². The first-order valence-corrected chi connectivity index (χ1v) is 5.86. The fourth-order valence-corrected chi connectivity index (χ4v) is 3.58. The van der Waals surface area contributed by atoms with E-state index in [1.165, 1.54) is 11.3 Å². The zero-order valence-corrected chi connectivity index (χ0v) is 8.91. The van der Waals surface area contributed by atoms with E-state index in [1.807, 2.05) is 0 Å². The van der Waals surface area contributed by atoms with E-state index >= 15 is 0 Å². The maximum absolute atomic E-state index is 5.67. The van der Waals surface area contributed by atoms with Crippen molar-refractivity contribution in [2.24, 2.45) is 0 Å². The summed E-state index contributed by atoms with van der Waals surface area (Å²) in [4.78, 5) is 0. The third-order valence-electron chi connectivity index (χ3n) is 2.79. The zero-order valence-electron chi connectivity index (χ0n) is 8.01. The maximum Gasteiger partial charge on any atom is 0.289 e. The molecular weight excluding hydrogens is 197 g/mol. The van der Waals surface area contributed by atoms with Gasteiger partial charge >= 0.3 is 0 Å². The minimum absolute atomic E-state index is 0.542. The summed E-state index contributed by atoms with van der Waals surface area (Å²) in [6, 6.07) is 8.51. The van der Waals surface area contributed by atoms with E-state index in [1.54, 1.807) is 7.11 Å². The van der Waals surface area contributed by atoms with E-state index < -0.39 is 8.53 Å². The lowest BCUT2D eigenvalue weighted by Crippen LogP contribution is -2.25. The van der Waals surface area contributed by atoms with Gasteiger partial charge in [0, 0.05) is 25.3 Å². The second kappa shape index (κ2) is 3.20. The van der Waals surface area contributed by atoms with Gasteiger partial charge in [-0.05, 0) is 11.6 Å². The van der Waals surface area contributed by atoms with Gasteiger partial charge in [-0.2, -0.15) is 0 Å². The number of fused-ring (bicyclic) bond motifs is 5. The average Bonchev–Trinajstić information content (AvgIpc) is 2.55. The van der Waals surface area contributed by atoms with Crippen LogP contribution in [0.4, 0.5) is 5.69 Å². The molecule has 0 radical (unpaired) electrons. The topological polar surface area (TPSA) is 21.7 Å². The Bertz CT molecular complexity index is 358. The first-order chi connectivity index (χ1) is 6.90. The van der Waals surface area contributed by atoms with Crippen molar-refractivity contribution in [2.45, 2.75) is 5.92 Å². The molecule has 1 aromatic carbocycles. The first-order valence-electron chi connectivity index (χ1n) is 4.73. The Labute approximate surface area is 84.6 Å². The van der Waals surface area contributed by atoms with E-state index in [9.17, 15) is 0 Å². The van der Waals surface area contributed by atoms with E-state index in [0.717, 1.165) is 13.2 Å². The molecule has 0 saturated carbocycles. The first kappa shape index (κ1) is 8.66. The van der Waals surface area contributed by atoms with Gasteiger partial charge in [0.05, 0.1) is 6.61 Å². The molecule has 0 aromatic heterocycles. The van der Waals surface area contributed by atoms with Crippen molar-refractivity contribution in [3.8, 4) is 0 Å². The van der Waals surface area contributed by atoms with Gasteiger partial charge in [0.15, 0.2) is 0 Å². The van der Waals surface area contributed by atoms with Crippen molar-refractivity contribution in [3.05, 3.63) is 29.8 Å². The van der Waals surface area contributed by atoms with Crippen LogP contribution in [0.25, 0.3) is 0 Å². The molecule has 2 atom stereocenters. The normalized spacial score (nSPS) is 29.1. The van der Waals surface area contributed by atoms with Crippen molar-refractivity contribution in [3.63, 3.8) is 0 Å². The predicted molar refractivity (Wildman–Crippen MR) is 56.4 cm³/mol. The monoisotopic (exact) mass is 209 g/mol. The Morgan fingerprint density at radius 2 is 2.36 bits per heavy atom. The SMILES string of the molecule is COP1OC[C@H]2CN1c1ccccc12. The van der Waals surface area contributed by atoms with Gasteiger partial charge in [0.1, 0.15) is 0 Å². The van der Waals surface area contributed by atoms with Crippen LogP contribution in [0.2, 0.25) is 0 Å². The quantitative estimate of drug-likeness (QED) is 0.663. The van der Waals surface area contributed by atoms with Crippen molar-refractivity contribution in [2.75, 3.05) is 24.9 Å². The number of para-hydroxylation sites is 1. The Morgan fingerprint density at radius 3 is 3.21 bits per heavy atom. The Hall–Kier alpha value is -0.630. The molecule has 2 bridgehead atoms. The number of nitrogens with zero attached hydrogens (tertiary/aromatic N) is 1. The van der Waals surface area contributed by atoms with Crippen molar-refractivity contribution >= 4 is 14.2 Å². The Morgan fingerprint density at radius 1 is 1.50 bits per heavy atom. The number of benzene rings is 1. The maximum atomic E-state index is 5.67. The molecule has 1 saturated heterocycles. The highest BCUT2D eigenvalue weighted by molar-refractivity contribution is 7.49. The zero-order chi connectivity index (χ0) is 9.54. The molecule has 2 aliphatic rings. The molecule has 0 amide bonds. The third-order valence-corrected chi connectivity index (χ3v) is 4.24. The summed E-state index contributed by atoms with van der Waals surface area (Å²) in [6.07, 6.45) is 0. The van der Waals surface area contributed by atoms with Gasteiger partial charge in [-0.15, -0.1) is 0 Å². The van der Waals surface area contributed by atoms with Crippen LogP contribution in [0.3, 0.4) is 0 Å². The second-order valence-corrected chi connectivity index (χ2v) is 5.14. The van der Waals surface area contributed by atoms with Crippen LogP contribution < -0.4 is 4.67 Å². The number of hydrogen-bond donors (Lipinski definition) is 0. The van der Waals surface area contributed by atoms with E-state index in [4.69, 9.17) is 9.05 Å². The molecule has 0 N–H and O–H groups in total. The van der Waals surface area contributed by atoms with E-state index in [-0.39, 0.29) is 0 Å². The fraction of sp³-hybridized carbons (Fsp3) is 0.400. The lowest BCUT2D eigenvalue weighted by molar-refractivity contribution is 0.250. The van der Waals surface area contributed by atoms with E-state index in [2.05, 4.69) is 28.9 Å². The molecule has 74 valence electrons. The van der Waals surface area contributed by atoms with Crippen LogP contribution in [-0.4, -0.2) is 20.3 Å². The predicted octanol–water partition coefficient (Wildman–Crippen LogP) is 2.49. The van der Waals surface area contributed by atoms with Gasteiger partial charge < -0.3 is 13.7 Å². The standard InChI is InChI=1S/C10H12NO2P/c1-12-14-11-6-8(7-13-14)9-4-2-3-5-10(9)11/h2-5,8H,6-7H2,1H3/t8-,14?/m1/s1. The average molecular weight is 209 g/mol. The highest BCUT2D eigenvalue weighted by Crippen LogP contribution is 2.56. The Balaban J connectivity index is 2.05. The summed E-state index contributed by atoms with van der Waals surface area (Å²) in [5.74, 6) is 0.542. The molecule has 1 unspecified atom stereocenters. The van der Waals surface area contributed by atoms with Crippen LogP contribution in [0, 0.1) is 0 Å². The van der Waals surface area contributed by atoms with Crippen LogP contribution >= 0.6 is 8.53 Å². The molecule has 14 heavy (non-hydrogen) atoms. The molecule has 4 heteroatoms. The third kappa shape index (κ3) is 1.10. The lowest BCUT2D eigenvalue weighted by atomic mass is 10.0. The summed E-state index contributed by atoms with van der Waals surface area (Å²) >= 11 is 0. The molecule has 3 rings (SSSR count). The summed E-state index contributed by atoms with van der Waals surface area (Å²) in [5, 5.41) is 0. The molecule has 0 aliphatic carbocycles. The minimum atomic E-state index is -0.845. The molecule has 1 aromatic rings. The van der Waals surface area contributed by atoms with Crippen LogP contribution in [-0.2, 0) is 9.05 Å². The molecule has 0 spiro atoms. The number of hydrogen-bond acceptors (Lipinski definition) is 3. The summed E-state index contributed by atoms with van der Waals surface area (Å²) in [7, 11) is 0.871. The molecular formula is C10H12NO2P. The second-order valence-electron chi connectivity index (χ2n) is 3.55. The molecule has 3 nitrogen and oxygen atoms in total. The number of rotatable bonds is 1. The largest absolute Gasteiger partial charge is 0.321 e. The van der Waals surface area contributed by atoms with Crippen molar-refractivity contribution < 1.29 is 9.05 Å². The number of anilines is 1. The molecule has 2 aliphatic heterocycles. The van der Waals surface area contributed by atoms with Crippen molar-refractivity contribution in [1.82, 2.24) is 0 Å². The van der Waals surface area contributed by atoms with Gasteiger partial charge in [0.2, 0.25) is 0 Å². The lowest BCUT2D eigenvalue weighted by Gasteiger charge is -2.30. The molecule has 1 fully saturated rings. The summed E-state index contributed by atoms with van der Waals surface area (Å²) in [6.45, 7) is 1.85. The van der Waals surface area contributed by atoms with Gasteiger partial charge in [0.25, 0.3) is 8.53 Å². The van der Waals surface area contributed by atoms with Gasteiger partial charge in [-0.1, -0.05) is 18.2 Å². The van der Waals surface area contributed by atoms with Crippen LogP contribution in [0.5, 0.6) is 0 Å². The highest BCUT2D eigenvalue weighted by atomic mass is 31.2. The van der Waals surface area contributed by atoms with Gasteiger partial charge in [-0.25, -0.2) is 0 Å².